The lowest BCUT2D eigenvalue weighted by atomic mass is 10.2. The fourth-order valence-electron chi connectivity index (χ4n) is 3.66. The molecule has 0 fully saturated rings. The van der Waals surface area contributed by atoms with Gasteiger partial charge in [0.1, 0.15) is 17.8 Å². The summed E-state index contributed by atoms with van der Waals surface area (Å²) in [5.41, 5.74) is 3.90. The maximum atomic E-state index is 11.3. The Balaban J connectivity index is 1.63. The summed E-state index contributed by atoms with van der Waals surface area (Å²) in [5, 5.41) is 1.05. The van der Waals surface area contributed by atoms with Crippen molar-refractivity contribution in [1.82, 2.24) is 14.8 Å². The predicted molar refractivity (Wildman–Crippen MR) is 130 cm³/mol. The number of benzene rings is 2. The summed E-state index contributed by atoms with van der Waals surface area (Å²) < 4.78 is 11.1. The van der Waals surface area contributed by atoms with Crippen molar-refractivity contribution in [2.24, 2.45) is 0 Å². The van der Waals surface area contributed by atoms with Gasteiger partial charge in [-0.3, -0.25) is 0 Å². The number of hydrogen-bond donors (Lipinski definition) is 1. The number of carbonyl (C=O) groups is 1. The highest BCUT2D eigenvalue weighted by molar-refractivity contribution is 5.85. The number of aromatic nitrogens is 1. The molecule has 0 amide bonds. The highest BCUT2D eigenvalue weighted by Gasteiger charge is 2.14. The number of methoxy groups -OCH3 is 1. The van der Waals surface area contributed by atoms with E-state index in [0.717, 1.165) is 53.2 Å². The maximum absolute atomic E-state index is 11.3. The molecule has 6 nitrogen and oxygen atoms in total. The molecular formula is C26H33N3O3. The zero-order valence-corrected chi connectivity index (χ0v) is 19.4. The van der Waals surface area contributed by atoms with Gasteiger partial charge in [-0.2, -0.15) is 0 Å². The number of rotatable bonds is 12. The van der Waals surface area contributed by atoms with Crippen molar-refractivity contribution in [3.63, 3.8) is 0 Å². The Morgan fingerprint density at radius 1 is 1.12 bits per heavy atom. The number of ether oxygens (including phenoxy) is 2. The molecule has 32 heavy (non-hydrogen) atoms. The van der Waals surface area contributed by atoms with Crippen LogP contribution in [0.1, 0.15) is 25.1 Å². The van der Waals surface area contributed by atoms with Gasteiger partial charge in [0.2, 0.25) is 0 Å². The zero-order chi connectivity index (χ0) is 23.1. The van der Waals surface area contributed by atoms with Crippen LogP contribution in [-0.4, -0.2) is 61.0 Å². The second kappa shape index (κ2) is 10.9. The van der Waals surface area contributed by atoms with Gasteiger partial charge < -0.3 is 29.1 Å². The van der Waals surface area contributed by atoms with Gasteiger partial charge in [0, 0.05) is 30.5 Å². The van der Waals surface area contributed by atoms with Crippen molar-refractivity contribution in [3.8, 4) is 11.5 Å². The quantitative estimate of drug-likeness (QED) is 0.423. The molecule has 0 aliphatic rings. The van der Waals surface area contributed by atoms with Crippen molar-refractivity contribution in [1.29, 1.82) is 0 Å². The Labute approximate surface area is 190 Å². The first-order valence-electron chi connectivity index (χ1n) is 10.9. The SMILES string of the molecule is C=C(c1cc2cc(OC)ccc2[nH]1)N(CC=O)CCN(C)Cc1cccc(OC(C)C)c1. The lowest BCUT2D eigenvalue weighted by Crippen LogP contribution is -2.33. The molecule has 0 radical (unpaired) electrons. The molecule has 0 unspecified atom stereocenters. The first-order chi connectivity index (χ1) is 15.4. The van der Waals surface area contributed by atoms with Crippen LogP contribution in [-0.2, 0) is 11.3 Å². The summed E-state index contributed by atoms with van der Waals surface area (Å²) in [7, 11) is 3.73. The van der Waals surface area contributed by atoms with Gasteiger partial charge in [0.25, 0.3) is 0 Å². The normalized spacial score (nSPS) is 11.2. The summed E-state index contributed by atoms with van der Waals surface area (Å²) in [4.78, 5) is 19.0. The van der Waals surface area contributed by atoms with Gasteiger partial charge in [0.15, 0.2) is 0 Å². The van der Waals surface area contributed by atoms with Gasteiger partial charge in [-0.1, -0.05) is 18.7 Å². The monoisotopic (exact) mass is 435 g/mol. The van der Waals surface area contributed by atoms with Gasteiger partial charge in [-0.25, -0.2) is 0 Å². The Bertz CT molecular complexity index is 1060. The highest BCUT2D eigenvalue weighted by atomic mass is 16.5. The molecule has 2 aromatic carbocycles. The molecule has 0 saturated heterocycles. The fourth-order valence-corrected chi connectivity index (χ4v) is 3.66. The highest BCUT2D eigenvalue weighted by Crippen LogP contribution is 2.25. The standard InChI is InChI=1S/C26H33N3O3/c1-19(2)32-24-8-6-7-21(15-24)18-28(4)11-12-29(13-14-30)20(3)26-17-22-16-23(31-5)9-10-25(22)27-26/h6-10,14-17,19,27H,3,11-13,18H2,1-2,4-5H3. The van der Waals surface area contributed by atoms with Crippen molar-refractivity contribution in [2.45, 2.75) is 26.5 Å². The molecule has 0 aliphatic carbocycles. The van der Waals surface area contributed by atoms with Crippen LogP contribution < -0.4 is 9.47 Å². The van der Waals surface area contributed by atoms with E-state index < -0.39 is 0 Å². The third-order valence-corrected chi connectivity index (χ3v) is 5.29. The number of fused-ring (bicyclic) bond motifs is 1. The van der Waals surface area contributed by atoms with Gasteiger partial charge in [-0.05, 0) is 62.9 Å². The van der Waals surface area contributed by atoms with E-state index in [1.54, 1.807) is 7.11 Å². The van der Waals surface area contributed by atoms with Gasteiger partial charge in [-0.15, -0.1) is 0 Å². The van der Waals surface area contributed by atoms with Crippen LogP contribution in [0.15, 0.2) is 55.1 Å². The van der Waals surface area contributed by atoms with Crippen molar-refractivity contribution < 1.29 is 14.3 Å². The first kappa shape index (κ1) is 23.4. The second-order valence-electron chi connectivity index (χ2n) is 8.25. The Hall–Kier alpha value is -3.25. The first-order valence-corrected chi connectivity index (χ1v) is 10.9. The van der Waals surface area contributed by atoms with Crippen LogP contribution in [0.3, 0.4) is 0 Å². The number of likely N-dealkylation sites (N-methyl/N-ethyl adjacent to an activating group) is 1. The van der Waals surface area contributed by atoms with E-state index in [1.807, 2.05) is 55.1 Å². The molecule has 1 aromatic heterocycles. The summed E-state index contributed by atoms with van der Waals surface area (Å²) in [6, 6.07) is 16.1. The number of carbonyl (C=O) groups excluding carboxylic acids is 1. The van der Waals surface area contributed by atoms with E-state index in [9.17, 15) is 4.79 Å². The number of nitrogens with zero attached hydrogens (tertiary/aromatic N) is 2. The zero-order valence-electron chi connectivity index (χ0n) is 19.4. The molecule has 170 valence electrons. The lowest BCUT2D eigenvalue weighted by Gasteiger charge is -2.27. The average Bonchev–Trinajstić information content (AvgIpc) is 3.19. The third kappa shape index (κ3) is 6.14. The fraction of sp³-hybridized carbons (Fsp3) is 0.346. The molecule has 3 rings (SSSR count). The molecule has 0 atom stereocenters. The van der Waals surface area contributed by atoms with Crippen LogP contribution in [0, 0.1) is 0 Å². The third-order valence-electron chi connectivity index (χ3n) is 5.29. The van der Waals surface area contributed by atoms with Crippen LogP contribution in [0.25, 0.3) is 16.6 Å². The van der Waals surface area contributed by atoms with Gasteiger partial charge in [0.05, 0.1) is 31.1 Å². The summed E-state index contributed by atoms with van der Waals surface area (Å²) in [6.07, 6.45) is 1.07. The Kier molecular flexibility index (Phi) is 7.95. The van der Waals surface area contributed by atoms with Crippen molar-refractivity contribution in [2.75, 3.05) is 33.8 Å². The number of hydrogen-bond acceptors (Lipinski definition) is 5. The number of aldehydes is 1. The minimum Gasteiger partial charge on any atom is -0.497 e. The van der Waals surface area contributed by atoms with E-state index in [1.165, 1.54) is 5.56 Å². The van der Waals surface area contributed by atoms with E-state index in [2.05, 4.69) is 35.6 Å². The largest absolute Gasteiger partial charge is 0.497 e. The van der Waals surface area contributed by atoms with Crippen LogP contribution in [0.5, 0.6) is 11.5 Å². The second-order valence-corrected chi connectivity index (χ2v) is 8.25. The minimum atomic E-state index is 0.150. The lowest BCUT2D eigenvalue weighted by molar-refractivity contribution is -0.108. The van der Waals surface area contributed by atoms with Crippen LogP contribution >= 0.6 is 0 Å². The van der Waals surface area contributed by atoms with E-state index in [-0.39, 0.29) is 6.10 Å². The summed E-state index contributed by atoms with van der Waals surface area (Å²) in [6.45, 7) is 10.9. The molecule has 0 spiro atoms. The predicted octanol–water partition coefficient (Wildman–Crippen LogP) is 4.57. The number of H-pyrrole nitrogens is 1. The average molecular weight is 436 g/mol. The number of aromatic amines is 1. The van der Waals surface area contributed by atoms with E-state index >= 15 is 0 Å². The van der Waals surface area contributed by atoms with Crippen LogP contribution in [0.2, 0.25) is 0 Å². The maximum Gasteiger partial charge on any atom is 0.139 e. The summed E-state index contributed by atoms with van der Waals surface area (Å²) in [5.74, 6) is 1.69. The Morgan fingerprint density at radius 2 is 1.94 bits per heavy atom. The summed E-state index contributed by atoms with van der Waals surface area (Å²) >= 11 is 0. The molecule has 1 N–H and O–H groups in total. The van der Waals surface area contributed by atoms with Crippen LogP contribution in [0.4, 0.5) is 0 Å². The topological polar surface area (TPSA) is 57.8 Å². The molecule has 0 aliphatic heterocycles. The minimum absolute atomic E-state index is 0.150. The van der Waals surface area contributed by atoms with E-state index in [4.69, 9.17) is 9.47 Å². The van der Waals surface area contributed by atoms with Gasteiger partial charge >= 0.3 is 0 Å². The smallest absolute Gasteiger partial charge is 0.139 e. The van der Waals surface area contributed by atoms with Crippen molar-refractivity contribution >= 4 is 22.9 Å². The number of nitrogens with one attached hydrogen (secondary N) is 1. The molecule has 1 heterocycles. The molecule has 3 aromatic rings. The molecule has 0 saturated carbocycles. The van der Waals surface area contributed by atoms with E-state index in [0.29, 0.717) is 13.1 Å². The molecular weight excluding hydrogens is 402 g/mol. The molecule has 6 heteroatoms. The molecule has 0 bridgehead atoms. The van der Waals surface area contributed by atoms with Crippen molar-refractivity contribution in [3.05, 3.63) is 66.4 Å². The Morgan fingerprint density at radius 3 is 2.66 bits per heavy atom.